The first-order chi connectivity index (χ1) is 5.54. The molecule has 4 nitrogen and oxygen atoms in total. The smallest absolute Gasteiger partial charge is 0.303 e. The standard InChI is InChI=1S/C5H14N2.C3H6O2/c1-7(2)5-3-4-6;1-2-3(4)5/h3-6H2,1-2H3;2H2,1H3,(H,4,5). The molecular weight excluding hydrogens is 156 g/mol. The van der Waals surface area contributed by atoms with Crippen LogP contribution in [-0.2, 0) is 4.79 Å². The minimum atomic E-state index is -0.745. The molecule has 0 saturated heterocycles. The van der Waals surface area contributed by atoms with E-state index in [1.165, 1.54) is 0 Å². The van der Waals surface area contributed by atoms with E-state index >= 15 is 0 Å². The summed E-state index contributed by atoms with van der Waals surface area (Å²) in [6.45, 7) is 3.51. The maximum Gasteiger partial charge on any atom is 0.303 e. The summed E-state index contributed by atoms with van der Waals surface area (Å²) in [5.74, 6) is -0.745. The van der Waals surface area contributed by atoms with Crippen molar-refractivity contribution in [3.8, 4) is 0 Å². The third-order valence-electron chi connectivity index (χ3n) is 1.11. The minimum Gasteiger partial charge on any atom is -0.481 e. The molecule has 0 radical (unpaired) electrons. The van der Waals surface area contributed by atoms with Gasteiger partial charge in [0.1, 0.15) is 0 Å². The SMILES string of the molecule is CCC(=O)O.CN(C)CCCN. The number of carbonyl (C=O) groups is 1. The van der Waals surface area contributed by atoms with Crippen molar-refractivity contribution >= 4 is 5.97 Å². The van der Waals surface area contributed by atoms with Crippen molar-refractivity contribution in [2.45, 2.75) is 19.8 Å². The molecule has 0 unspecified atom stereocenters. The molecule has 0 spiro atoms. The topological polar surface area (TPSA) is 66.6 Å². The van der Waals surface area contributed by atoms with Gasteiger partial charge in [-0.05, 0) is 33.6 Å². The molecule has 0 bridgehead atoms. The first-order valence-electron chi connectivity index (χ1n) is 4.11. The van der Waals surface area contributed by atoms with Crippen LogP contribution in [0, 0.1) is 0 Å². The lowest BCUT2D eigenvalue weighted by molar-refractivity contribution is -0.136. The molecule has 3 N–H and O–H groups in total. The Bertz CT molecular complexity index is 105. The number of nitrogens with two attached hydrogens (primary N) is 1. The molecule has 0 aromatic rings. The first-order valence-corrected chi connectivity index (χ1v) is 4.11. The van der Waals surface area contributed by atoms with Crippen molar-refractivity contribution in [2.24, 2.45) is 5.73 Å². The fourth-order valence-corrected chi connectivity index (χ4v) is 0.408. The predicted octanol–water partition coefficient (Wildman–Crippen LogP) is 0.378. The van der Waals surface area contributed by atoms with E-state index in [2.05, 4.69) is 19.0 Å². The highest BCUT2D eigenvalue weighted by molar-refractivity contribution is 5.66. The van der Waals surface area contributed by atoms with Crippen molar-refractivity contribution < 1.29 is 9.90 Å². The van der Waals surface area contributed by atoms with Crippen LogP contribution in [-0.4, -0.2) is 43.2 Å². The number of rotatable bonds is 4. The lowest BCUT2D eigenvalue weighted by atomic mass is 10.4. The maximum absolute atomic E-state index is 9.37. The summed E-state index contributed by atoms with van der Waals surface area (Å²) in [6, 6.07) is 0. The number of nitrogens with zero attached hydrogens (tertiary/aromatic N) is 1. The second-order valence-electron chi connectivity index (χ2n) is 2.69. The molecule has 0 aromatic heterocycles. The van der Waals surface area contributed by atoms with Gasteiger partial charge in [-0.3, -0.25) is 4.79 Å². The van der Waals surface area contributed by atoms with Crippen molar-refractivity contribution in [1.82, 2.24) is 4.90 Å². The van der Waals surface area contributed by atoms with Crippen LogP contribution in [0.3, 0.4) is 0 Å². The van der Waals surface area contributed by atoms with Crippen LogP contribution in [0.25, 0.3) is 0 Å². The quantitative estimate of drug-likeness (QED) is 0.649. The molecule has 0 aliphatic carbocycles. The lowest BCUT2D eigenvalue weighted by Crippen LogP contribution is -2.16. The Labute approximate surface area is 74.4 Å². The van der Waals surface area contributed by atoms with Crippen LogP contribution in [0.15, 0.2) is 0 Å². The lowest BCUT2D eigenvalue weighted by Gasteiger charge is -2.05. The Kier molecular flexibility index (Phi) is 12.1. The van der Waals surface area contributed by atoms with E-state index in [0.29, 0.717) is 0 Å². The normalized spacial score (nSPS) is 9.08. The number of carboxylic acid groups (broad SMARTS) is 1. The maximum atomic E-state index is 9.37. The van der Waals surface area contributed by atoms with Crippen molar-refractivity contribution in [3.63, 3.8) is 0 Å². The Morgan fingerprint density at radius 2 is 1.92 bits per heavy atom. The van der Waals surface area contributed by atoms with E-state index in [1.807, 2.05) is 0 Å². The molecule has 0 fully saturated rings. The summed E-state index contributed by atoms with van der Waals surface area (Å²) in [7, 11) is 4.10. The van der Waals surface area contributed by atoms with E-state index in [-0.39, 0.29) is 6.42 Å². The molecule has 74 valence electrons. The van der Waals surface area contributed by atoms with Crippen LogP contribution in [0.4, 0.5) is 0 Å². The van der Waals surface area contributed by atoms with Gasteiger partial charge < -0.3 is 15.7 Å². The zero-order valence-corrected chi connectivity index (χ0v) is 8.21. The van der Waals surface area contributed by atoms with E-state index in [1.54, 1.807) is 6.92 Å². The average Bonchev–Trinajstić information content (AvgIpc) is 2.02. The van der Waals surface area contributed by atoms with Gasteiger partial charge in [0, 0.05) is 6.42 Å². The Morgan fingerprint density at radius 3 is 2.00 bits per heavy atom. The second-order valence-corrected chi connectivity index (χ2v) is 2.69. The first kappa shape index (κ1) is 13.9. The minimum absolute atomic E-state index is 0.222. The fourth-order valence-electron chi connectivity index (χ4n) is 0.408. The van der Waals surface area contributed by atoms with Gasteiger partial charge >= 0.3 is 5.97 Å². The summed E-state index contributed by atoms with van der Waals surface area (Å²) < 4.78 is 0. The van der Waals surface area contributed by atoms with Gasteiger partial charge in [-0.25, -0.2) is 0 Å². The van der Waals surface area contributed by atoms with Crippen molar-refractivity contribution in [3.05, 3.63) is 0 Å². The molecule has 0 aliphatic heterocycles. The molecule has 0 aliphatic rings. The molecule has 4 heteroatoms. The highest BCUT2D eigenvalue weighted by Gasteiger charge is 1.83. The van der Waals surface area contributed by atoms with Gasteiger partial charge in [0.2, 0.25) is 0 Å². The predicted molar refractivity (Wildman–Crippen MR) is 50.2 cm³/mol. The summed E-state index contributed by atoms with van der Waals surface area (Å²) in [6.07, 6.45) is 1.33. The fraction of sp³-hybridized carbons (Fsp3) is 0.875. The molecule has 0 aromatic carbocycles. The van der Waals surface area contributed by atoms with Gasteiger partial charge in [-0.1, -0.05) is 6.92 Å². The van der Waals surface area contributed by atoms with Gasteiger partial charge in [0.05, 0.1) is 0 Å². The van der Waals surface area contributed by atoms with Crippen LogP contribution in [0.5, 0.6) is 0 Å². The molecule has 0 amide bonds. The number of hydrogen-bond donors (Lipinski definition) is 2. The summed E-state index contributed by atoms with van der Waals surface area (Å²) in [5, 5.41) is 7.72. The number of carboxylic acids is 1. The monoisotopic (exact) mass is 176 g/mol. The van der Waals surface area contributed by atoms with Gasteiger partial charge in [0.15, 0.2) is 0 Å². The zero-order valence-electron chi connectivity index (χ0n) is 8.21. The molecular formula is C8H20N2O2. The van der Waals surface area contributed by atoms with E-state index in [4.69, 9.17) is 10.8 Å². The van der Waals surface area contributed by atoms with Gasteiger partial charge in [-0.15, -0.1) is 0 Å². The molecule has 12 heavy (non-hydrogen) atoms. The summed E-state index contributed by atoms with van der Waals surface area (Å²) in [4.78, 5) is 11.5. The Morgan fingerprint density at radius 1 is 1.50 bits per heavy atom. The van der Waals surface area contributed by atoms with Crippen LogP contribution in [0.2, 0.25) is 0 Å². The second kappa shape index (κ2) is 10.4. The van der Waals surface area contributed by atoms with E-state index in [9.17, 15) is 4.79 Å². The third kappa shape index (κ3) is 22.8. The van der Waals surface area contributed by atoms with E-state index in [0.717, 1.165) is 19.5 Å². The van der Waals surface area contributed by atoms with Crippen LogP contribution >= 0.6 is 0 Å². The van der Waals surface area contributed by atoms with Crippen molar-refractivity contribution in [2.75, 3.05) is 27.2 Å². The number of hydrogen-bond acceptors (Lipinski definition) is 3. The summed E-state index contributed by atoms with van der Waals surface area (Å²) >= 11 is 0. The molecule has 0 atom stereocenters. The highest BCUT2D eigenvalue weighted by atomic mass is 16.4. The highest BCUT2D eigenvalue weighted by Crippen LogP contribution is 1.76. The van der Waals surface area contributed by atoms with Crippen molar-refractivity contribution in [1.29, 1.82) is 0 Å². The third-order valence-corrected chi connectivity index (χ3v) is 1.11. The van der Waals surface area contributed by atoms with Gasteiger partial charge in [0.25, 0.3) is 0 Å². The van der Waals surface area contributed by atoms with E-state index < -0.39 is 5.97 Å². The number of aliphatic carboxylic acids is 1. The van der Waals surface area contributed by atoms with Crippen LogP contribution < -0.4 is 5.73 Å². The van der Waals surface area contributed by atoms with Crippen LogP contribution in [0.1, 0.15) is 19.8 Å². The zero-order chi connectivity index (χ0) is 9.98. The Hall–Kier alpha value is -0.610. The molecule has 0 saturated carbocycles. The molecule has 0 heterocycles. The largest absolute Gasteiger partial charge is 0.481 e. The van der Waals surface area contributed by atoms with Gasteiger partial charge in [-0.2, -0.15) is 0 Å². The Balaban J connectivity index is 0. The average molecular weight is 176 g/mol. The summed E-state index contributed by atoms with van der Waals surface area (Å²) in [5.41, 5.74) is 5.25. The molecule has 0 rings (SSSR count).